The van der Waals surface area contributed by atoms with Gasteiger partial charge in [0, 0.05) is 41.7 Å². The SMILES string of the molecule is CCc1c(C(=O)c2ccc(NC(c3ccc(CC(C)C)cc3)c3ccc(CC(C)C)cc3)cc2)cc(CCCC(=O)O)n1COC. The van der Waals surface area contributed by atoms with Crippen LogP contribution in [0.2, 0.25) is 0 Å². The molecule has 46 heavy (non-hydrogen) atoms. The van der Waals surface area contributed by atoms with Crippen LogP contribution in [0.1, 0.15) is 103 Å². The van der Waals surface area contributed by atoms with Crippen LogP contribution in [0.15, 0.2) is 78.9 Å². The summed E-state index contributed by atoms with van der Waals surface area (Å²) in [5, 5.41) is 12.8. The standard InChI is InChI=1S/C40H50N2O4/c1-7-37-36(25-35(42(37)26-46-6)9-8-10-38(43)44)40(45)33-19-21-34(22-20-33)41-39(31-15-11-29(12-16-31)23-27(2)3)32-17-13-30(14-18-32)24-28(4)5/h11-22,25,27-28,39,41H,7-10,23-24,26H2,1-6H3,(H,43,44). The van der Waals surface area contributed by atoms with Gasteiger partial charge in [-0.3, -0.25) is 9.59 Å². The molecule has 0 aliphatic heterocycles. The average Bonchev–Trinajstić information content (AvgIpc) is 3.37. The highest BCUT2D eigenvalue weighted by atomic mass is 16.5. The number of carboxylic acid groups (broad SMARTS) is 1. The summed E-state index contributed by atoms with van der Waals surface area (Å²) in [7, 11) is 1.63. The molecule has 0 bridgehead atoms. The van der Waals surface area contributed by atoms with Crippen molar-refractivity contribution in [3.8, 4) is 0 Å². The number of aromatic nitrogens is 1. The third kappa shape index (κ3) is 9.20. The Bertz CT molecular complexity index is 1510. The molecule has 1 heterocycles. The molecule has 0 unspecified atom stereocenters. The van der Waals surface area contributed by atoms with Crippen molar-refractivity contribution in [2.24, 2.45) is 11.8 Å². The number of benzene rings is 3. The maximum Gasteiger partial charge on any atom is 0.303 e. The lowest BCUT2D eigenvalue weighted by atomic mass is 9.93. The average molecular weight is 623 g/mol. The minimum Gasteiger partial charge on any atom is -0.481 e. The second kappa shape index (κ2) is 16.4. The Balaban J connectivity index is 1.60. The number of hydrogen-bond acceptors (Lipinski definition) is 4. The Morgan fingerprint density at radius 3 is 1.83 bits per heavy atom. The van der Waals surface area contributed by atoms with Crippen LogP contribution >= 0.6 is 0 Å². The number of carboxylic acids is 1. The number of carbonyl (C=O) groups is 2. The molecule has 244 valence electrons. The van der Waals surface area contributed by atoms with Crippen LogP contribution in [-0.2, 0) is 41.9 Å². The summed E-state index contributed by atoms with van der Waals surface area (Å²) in [5.41, 5.74) is 9.06. The third-order valence-electron chi connectivity index (χ3n) is 8.33. The van der Waals surface area contributed by atoms with Gasteiger partial charge < -0.3 is 19.7 Å². The predicted octanol–water partition coefficient (Wildman–Crippen LogP) is 8.89. The first kappa shape index (κ1) is 34.7. The van der Waals surface area contributed by atoms with E-state index in [9.17, 15) is 9.59 Å². The van der Waals surface area contributed by atoms with Gasteiger partial charge in [0.2, 0.25) is 0 Å². The molecular weight excluding hydrogens is 572 g/mol. The van der Waals surface area contributed by atoms with E-state index < -0.39 is 5.97 Å². The quantitative estimate of drug-likeness (QED) is 0.115. The molecule has 6 heteroatoms. The van der Waals surface area contributed by atoms with E-state index in [4.69, 9.17) is 9.84 Å². The van der Waals surface area contributed by atoms with Crippen LogP contribution < -0.4 is 5.32 Å². The molecule has 0 fully saturated rings. The second-order valence-electron chi connectivity index (χ2n) is 13.1. The van der Waals surface area contributed by atoms with Crippen molar-refractivity contribution in [2.75, 3.05) is 12.4 Å². The van der Waals surface area contributed by atoms with Gasteiger partial charge >= 0.3 is 5.97 Å². The van der Waals surface area contributed by atoms with Crippen molar-refractivity contribution < 1.29 is 19.4 Å². The van der Waals surface area contributed by atoms with Gasteiger partial charge in [-0.05, 0) is 96.5 Å². The van der Waals surface area contributed by atoms with E-state index in [1.807, 2.05) is 41.8 Å². The normalized spacial score (nSPS) is 11.5. The number of nitrogens with zero attached hydrogens (tertiary/aromatic N) is 1. The van der Waals surface area contributed by atoms with Gasteiger partial charge in [0.15, 0.2) is 5.78 Å². The molecular formula is C40H50N2O4. The van der Waals surface area contributed by atoms with Crippen molar-refractivity contribution in [3.05, 3.63) is 124 Å². The molecule has 2 N–H and O–H groups in total. The Hall–Kier alpha value is -4.16. The number of ketones is 1. The number of aryl methyl sites for hydroxylation is 1. The van der Waals surface area contributed by atoms with E-state index in [1.54, 1.807) is 7.11 Å². The zero-order valence-electron chi connectivity index (χ0n) is 28.3. The van der Waals surface area contributed by atoms with Crippen LogP contribution in [-0.4, -0.2) is 28.5 Å². The second-order valence-corrected chi connectivity index (χ2v) is 13.1. The molecule has 6 nitrogen and oxygen atoms in total. The van der Waals surface area contributed by atoms with Crippen LogP contribution in [0, 0.1) is 11.8 Å². The van der Waals surface area contributed by atoms with Gasteiger partial charge in [-0.2, -0.15) is 0 Å². The van der Waals surface area contributed by atoms with Crippen molar-refractivity contribution in [2.45, 2.75) is 85.9 Å². The summed E-state index contributed by atoms with van der Waals surface area (Å²) in [5.74, 6) is 0.338. The Kier molecular flexibility index (Phi) is 12.4. The first-order chi connectivity index (χ1) is 22.1. The molecule has 0 atom stereocenters. The number of aliphatic carboxylic acids is 1. The number of anilines is 1. The minimum atomic E-state index is -0.820. The molecule has 4 rings (SSSR count). The highest BCUT2D eigenvalue weighted by molar-refractivity contribution is 6.10. The lowest BCUT2D eigenvalue weighted by Crippen LogP contribution is -2.13. The smallest absolute Gasteiger partial charge is 0.303 e. The summed E-state index contributed by atoms with van der Waals surface area (Å²) in [6.45, 7) is 11.3. The first-order valence-corrected chi connectivity index (χ1v) is 16.6. The summed E-state index contributed by atoms with van der Waals surface area (Å²) in [6.07, 6.45) is 3.92. The largest absolute Gasteiger partial charge is 0.481 e. The van der Waals surface area contributed by atoms with Gasteiger partial charge in [-0.1, -0.05) is 83.1 Å². The molecule has 1 aromatic heterocycles. The summed E-state index contributed by atoms with van der Waals surface area (Å²) < 4.78 is 7.44. The molecule has 0 aliphatic rings. The molecule has 0 saturated carbocycles. The van der Waals surface area contributed by atoms with E-state index in [2.05, 4.69) is 81.5 Å². The number of hydrogen-bond donors (Lipinski definition) is 2. The molecule has 0 spiro atoms. The predicted molar refractivity (Wildman–Crippen MR) is 187 cm³/mol. The van der Waals surface area contributed by atoms with E-state index in [0.29, 0.717) is 49.0 Å². The number of nitrogens with one attached hydrogen (secondary N) is 1. The Morgan fingerprint density at radius 2 is 1.37 bits per heavy atom. The fourth-order valence-electron chi connectivity index (χ4n) is 6.18. The van der Waals surface area contributed by atoms with Crippen LogP contribution in [0.5, 0.6) is 0 Å². The Labute approximate surface area is 274 Å². The van der Waals surface area contributed by atoms with Gasteiger partial charge in [0.1, 0.15) is 6.73 Å². The number of methoxy groups -OCH3 is 1. The van der Waals surface area contributed by atoms with Gasteiger partial charge in [0.05, 0.1) is 6.04 Å². The third-order valence-corrected chi connectivity index (χ3v) is 8.33. The molecule has 3 aromatic carbocycles. The Morgan fingerprint density at radius 1 is 0.826 bits per heavy atom. The van der Waals surface area contributed by atoms with Crippen LogP contribution in [0.3, 0.4) is 0 Å². The molecule has 0 amide bonds. The summed E-state index contributed by atoms with van der Waals surface area (Å²) >= 11 is 0. The van der Waals surface area contributed by atoms with Crippen LogP contribution in [0.25, 0.3) is 0 Å². The number of carbonyl (C=O) groups excluding carboxylic acids is 1. The lowest BCUT2D eigenvalue weighted by molar-refractivity contribution is -0.137. The maximum atomic E-state index is 13.8. The first-order valence-electron chi connectivity index (χ1n) is 16.6. The molecule has 0 radical (unpaired) electrons. The number of ether oxygens (including phenoxy) is 1. The minimum absolute atomic E-state index is 0.0456. The fraction of sp³-hybridized carbons (Fsp3) is 0.400. The van der Waals surface area contributed by atoms with Gasteiger partial charge in [-0.25, -0.2) is 0 Å². The summed E-state index contributed by atoms with van der Waals surface area (Å²) in [4.78, 5) is 24.9. The highest BCUT2D eigenvalue weighted by Crippen LogP contribution is 2.29. The van der Waals surface area contributed by atoms with Crippen molar-refractivity contribution >= 4 is 17.4 Å². The van der Waals surface area contributed by atoms with E-state index >= 15 is 0 Å². The van der Waals surface area contributed by atoms with E-state index in [1.165, 1.54) is 22.3 Å². The van der Waals surface area contributed by atoms with Crippen LogP contribution in [0.4, 0.5) is 5.69 Å². The molecule has 4 aromatic rings. The topological polar surface area (TPSA) is 80.6 Å². The molecule has 0 aliphatic carbocycles. The van der Waals surface area contributed by atoms with Crippen molar-refractivity contribution in [1.82, 2.24) is 4.57 Å². The van der Waals surface area contributed by atoms with Crippen molar-refractivity contribution in [3.63, 3.8) is 0 Å². The highest BCUT2D eigenvalue weighted by Gasteiger charge is 2.21. The maximum absolute atomic E-state index is 13.8. The van der Waals surface area contributed by atoms with Crippen molar-refractivity contribution in [1.29, 1.82) is 0 Å². The fourth-order valence-corrected chi connectivity index (χ4v) is 6.18. The lowest BCUT2D eigenvalue weighted by Gasteiger charge is -2.22. The zero-order chi connectivity index (χ0) is 33.2. The van der Waals surface area contributed by atoms with E-state index in [-0.39, 0.29) is 18.2 Å². The number of rotatable bonds is 17. The zero-order valence-corrected chi connectivity index (χ0v) is 28.3. The van der Waals surface area contributed by atoms with E-state index in [0.717, 1.165) is 29.9 Å². The van der Waals surface area contributed by atoms with Gasteiger partial charge in [-0.15, -0.1) is 0 Å². The van der Waals surface area contributed by atoms with Gasteiger partial charge in [0.25, 0.3) is 0 Å². The molecule has 0 saturated heterocycles. The monoisotopic (exact) mass is 622 g/mol. The summed E-state index contributed by atoms with van der Waals surface area (Å²) in [6, 6.07) is 27.4.